The summed E-state index contributed by atoms with van der Waals surface area (Å²) in [6.45, 7) is 2.33. The first-order valence-electron chi connectivity index (χ1n) is 10.2. The molecule has 1 unspecified atom stereocenters. The number of aromatic nitrogens is 2. The van der Waals surface area contributed by atoms with Gasteiger partial charge >= 0.3 is 0 Å². The predicted molar refractivity (Wildman–Crippen MR) is 125 cm³/mol. The summed E-state index contributed by atoms with van der Waals surface area (Å²) >= 11 is 1.10. The molecule has 0 radical (unpaired) electrons. The Hall–Kier alpha value is -3.84. The van der Waals surface area contributed by atoms with Crippen molar-refractivity contribution in [3.05, 3.63) is 113 Å². The molecular formula is C25H22N4O2S. The second-order valence-corrected chi connectivity index (χ2v) is 7.93. The van der Waals surface area contributed by atoms with Crippen molar-refractivity contribution in [2.24, 2.45) is 0 Å². The number of amides is 2. The van der Waals surface area contributed by atoms with Gasteiger partial charge in [0.25, 0.3) is 5.91 Å². The van der Waals surface area contributed by atoms with Crippen molar-refractivity contribution in [1.82, 2.24) is 14.9 Å². The molecule has 4 aromatic rings. The van der Waals surface area contributed by atoms with E-state index in [0.717, 1.165) is 22.7 Å². The molecule has 3 aromatic carbocycles. The maximum Gasteiger partial charge on any atom is 0.280 e. The first-order valence-corrected chi connectivity index (χ1v) is 11.0. The third-order valence-corrected chi connectivity index (χ3v) is 5.55. The summed E-state index contributed by atoms with van der Waals surface area (Å²) in [6, 6.07) is 25.6. The van der Waals surface area contributed by atoms with E-state index in [4.69, 9.17) is 0 Å². The van der Waals surface area contributed by atoms with Gasteiger partial charge in [-0.3, -0.25) is 14.5 Å². The first-order chi connectivity index (χ1) is 15.6. The average molecular weight is 443 g/mol. The van der Waals surface area contributed by atoms with E-state index in [1.807, 2.05) is 91.9 Å². The Labute approximate surface area is 190 Å². The highest BCUT2D eigenvalue weighted by Gasteiger charge is 2.34. The standard InChI is InChI=1S/C25H22N4O2S/c1-18-12-14-21(15-13-18)29(25(31)22-17-32-28-27-22)23(20-10-6-3-7-11-20)24(30)26-16-19-8-4-2-5-9-19/h2-15,17,23H,16H2,1H3,(H,26,30). The van der Waals surface area contributed by atoms with Gasteiger partial charge < -0.3 is 5.32 Å². The minimum Gasteiger partial charge on any atom is -0.350 e. The molecule has 32 heavy (non-hydrogen) atoms. The molecule has 7 heteroatoms. The highest BCUT2D eigenvalue weighted by Crippen LogP contribution is 2.30. The fraction of sp³-hybridized carbons (Fsp3) is 0.120. The Kier molecular flexibility index (Phi) is 6.67. The summed E-state index contributed by atoms with van der Waals surface area (Å²) in [5.41, 5.74) is 3.55. The molecule has 0 saturated heterocycles. The second-order valence-electron chi connectivity index (χ2n) is 7.32. The van der Waals surface area contributed by atoms with Crippen molar-refractivity contribution >= 4 is 29.0 Å². The molecule has 6 nitrogen and oxygen atoms in total. The smallest absolute Gasteiger partial charge is 0.280 e. The predicted octanol–water partition coefficient (Wildman–Crippen LogP) is 4.55. The Morgan fingerprint density at radius 3 is 2.22 bits per heavy atom. The van der Waals surface area contributed by atoms with Gasteiger partial charge in [-0.2, -0.15) is 0 Å². The molecule has 1 N–H and O–H groups in total. The zero-order valence-electron chi connectivity index (χ0n) is 17.5. The molecule has 1 atom stereocenters. The van der Waals surface area contributed by atoms with Crippen molar-refractivity contribution in [2.75, 3.05) is 4.90 Å². The van der Waals surface area contributed by atoms with Gasteiger partial charge in [0.05, 0.1) is 0 Å². The zero-order chi connectivity index (χ0) is 22.3. The Morgan fingerprint density at radius 1 is 0.938 bits per heavy atom. The third kappa shape index (κ3) is 4.90. The van der Waals surface area contributed by atoms with Gasteiger partial charge in [-0.1, -0.05) is 82.8 Å². The number of benzene rings is 3. The first kappa shape index (κ1) is 21.4. The van der Waals surface area contributed by atoms with Gasteiger partial charge in [0.1, 0.15) is 6.04 Å². The number of anilines is 1. The van der Waals surface area contributed by atoms with E-state index in [2.05, 4.69) is 14.9 Å². The van der Waals surface area contributed by atoms with Crippen LogP contribution < -0.4 is 10.2 Å². The van der Waals surface area contributed by atoms with Gasteiger partial charge in [0.15, 0.2) is 5.69 Å². The summed E-state index contributed by atoms with van der Waals surface area (Å²) in [6.07, 6.45) is 0. The Bertz CT molecular complexity index is 1160. The molecule has 0 aliphatic carbocycles. The molecule has 0 saturated carbocycles. The molecule has 0 aliphatic rings. The van der Waals surface area contributed by atoms with Gasteiger partial charge in [0.2, 0.25) is 5.91 Å². The minimum absolute atomic E-state index is 0.201. The molecule has 0 fully saturated rings. The number of aryl methyl sites for hydroxylation is 1. The van der Waals surface area contributed by atoms with Gasteiger partial charge in [-0.25, -0.2) is 0 Å². The number of hydrogen-bond acceptors (Lipinski definition) is 5. The second kappa shape index (κ2) is 9.98. The molecular weight excluding hydrogens is 420 g/mol. The van der Waals surface area contributed by atoms with Crippen LogP contribution in [0.5, 0.6) is 0 Å². The maximum absolute atomic E-state index is 13.5. The van der Waals surface area contributed by atoms with Crippen LogP contribution in [-0.2, 0) is 11.3 Å². The van der Waals surface area contributed by atoms with Gasteiger partial charge in [0, 0.05) is 17.6 Å². The largest absolute Gasteiger partial charge is 0.350 e. The quantitative estimate of drug-likeness (QED) is 0.456. The van der Waals surface area contributed by atoms with Crippen LogP contribution >= 0.6 is 11.5 Å². The number of rotatable bonds is 7. The van der Waals surface area contributed by atoms with E-state index in [-0.39, 0.29) is 17.5 Å². The molecule has 160 valence electrons. The van der Waals surface area contributed by atoms with E-state index in [1.165, 1.54) is 4.90 Å². The lowest BCUT2D eigenvalue weighted by Gasteiger charge is -2.31. The summed E-state index contributed by atoms with van der Waals surface area (Å²) in [4.78, 5) is 28.6. The molecule has 0 bridgehead atoms. The molecule has 0 spiro atoms. The normalized spacial score (nSPS) is 11.5. The van der Waals surface area contributed by atoms with E-state index < -0.39 is 6.04 Å². The number of nitrogens with one attached hydrogen (secondary N) is 1. The van der Waals surface area contributed by atoms with Crippen molar-refractivity contribution in [2.45, 2.75) is 19.5 Å². The van der Waals surface area contributed by atoms with Crippen LogP contribution in [0, 0.1) is 6.92 Å². The SMILES string of the molecule is Cc1ccc(N(C(=O)c2csnn2)C(C(=O)NCc2ccccc2)c2ccccc2)cc1. The average Bonchev–Trinajstić information content (AvgIpc) is 3.38. The van der Waals surface area contributed by atoms with Crippen LogP contribution in [0.2, 0.25) is 0 Å². The number of carbonyl (C=O) groups is 2. The number of hydrogen-bond donors (Lipinski definition) is 1. The van der Waals surface area contributed by atoms with Gasteiger partial charge in [-0.05, 0) is 41.7 Å². The van der Waals surface area contributed by atoms with Crippen molar-refractivity contribution in [3.63, 3.8) is 0 Å². The highest BCUT2D eigenvalue weighted by atomic mass is 32.1. The van der Waals surface area contributed by atoms with E-state index in [9.17, 15) is 9.59 Å². The summed E-state index contributed by atoms with van der Waals surface area (Å²) in [7, 11) is 0. The van der Waals surface area contributed by atoms with Crippen LogP contribution in [-0.4, -0.2) is 21.4 Å². The summed E-state index contributed by atoms with van der Waals surface area (Å²) < 4.78 is 3.83. The monoisotopic (exact) mass is 442 g/mol. The van der Waals surface area contributed by atoms with E-state index in [1.54, 1.807) is 5.38 Å². The minimum atomic E-state index is -0.878. The Balaban J connectivity index is 1.75. The lowest BCUT2D eigenvalue weighted by molar-refractivity contribution is -0.122. The lowest BCUT2D eigenvalue weighted by Crippen LogP contribution is -2.44. The fourth-order valence-electron chi connectivity index (χ4n) is 3.40. The highest BCUT2D eigenvalue weighted by molar-refractivity contribution is 7.03. The van der Waals surface area contributed by atoms with Crippen molar-refractivity contribution < 1.29 is 9.59 Å². The molecule has 1 aromatic heterocycles. The van der Waals surface area contributed by atoms with Crippen LogP contribution in [0.15, 0.2) is 90.3 Å². The molecule has 0 aliphatic heterocycles. The zero-order valence-corrected chi connectivity index (χ0v) is 18.3. The van der Waals surface area contributed by atoms with Crippen LogP contribution in [0.3, 0.4) is 0 Å². The van der Waals surface area contributed by atoms with Crippen molar-refractivity contribution in [3.8, 4) is 0 Å². The summed E-state index contributed by atoms with van der Waals surface area (Å²) in [5, 5.41) is 8.54. The third-order valence-electron chi connectivity index (χ3n) is 5.04. The molecule has 2 amide bonds. The van der Waals surface area contributed by atoms with E-state index >= 15 is 0 Å². The fourth-order valence-corrected chi connectivity index (χ4v) is 3.83. The van der Waals surface area contributed by atoms with E-state index in [0.29, 0.717) is 17.8 Å². The molecule has 1 heterocycles. The topological polar surface area (TPSA) is 75.2 Å². The van der Waals surface area contributed by atoms with Gasteiger partial charge in [-0.15, -0.1) is 5.10 Å². The number of nitrogens with zero attached hydrogens (tertiary/aromatic N) is 3. The van der Waals surface area contributed by atoms with Crippen LogP contribution in [0.4, 0.5) is 5.69 Å². The lowest BCUT2D eigenvalue weighted by atomic mass is 10.0. The molecule has 4 rings (SSSR count). The summed E-state index contributed by atoms with van der Waals surface area (Å²) in [5.74, 6) is -0.663. The van der Waals surface area contributed by atoms with Crippen LogP contribution in [0.1, 0.15) is 33.2 Å². The Morgan fingerprint density at radius 2 is 1.59 bits per heavy atom. The maximum atomic E-state index is 13.5. The van der Waals surface area contributed by atoms with Crippen LogP contribution in [0.25, 0.3) is 0 Å². The van der Waals surface area contributed by atoms with Crippen molar-refractivity contribution in [1.29, 1.82) is 0 Å². The number of carbonyl (C=O) groups excluding carboxylic acids is 2.